The normalized spacial score (nSPS) is 13.7. The van der Waals surface area contributed by atoms with Gasteiger partial charge >= 0.3 is 0 Å². The standard InChI is InChI=1S/C15H34N2O2/c1-6-14(7-2)17(8-9-19-5)12-15(18)11-16-10-13(3)4/h13-16,18H,6-12H2,1-5H3. The zero-order valence-electron chi connectivity index (χ0n) is 13.5. The largest absolute Gasteiger partial charge is 0.390 e. The molecule has 0 saturated heterocycles. The first kappa shape index (κ1) is 18.8. The van der Waals surface area contributed by atoms with Crippen LogP contribution in [0.25, 0.3) is 0 Å². The Morgan fingerprint density at radius 2 is 1.79 bits per heavy atom. The quantitative estimate of drug-likeness (QED) is 0.569. The number of nitrogens with zero attached hydrogens (tertiary/aromatic N) is 1. The highest BCUT2D eigenvalue weighted by Gasteiger charge is 2.18. The molecule has 0 spiro atoms. The highest BCUT2D eigenvalue weighted by Crippen LogP contribution is 2.09. The molecule has 0 heterocycles. The minimum Gasteiger partial charge on any atom is -0.390 e. The van der Waals surface area contributed by atoms with E-state index < -0.39 is 0 Å². The van der Waals surface area contributed by atoms with Gasteiger partial charge in [0.2, 0.25) is 0 Å². The fraction of sp³-hybridized carbons (Fsp3) is 1.00. The van der Waals surface area contributed by atoms with Crippen molar-refractivity contribution in [1.29, 1.82) is 0 Å². The third kappa shape index (κ3) is 9.38. The van der Waals surface area contributed by atoms with Crippen LogP contribution in [0.15, 0.2) is 0 Å². The van der Waals surface area contributed by atoms with Crippen LogP contribution in [0, 0.1) is 5.92 Å². The predicted octanol–water partition coefficient (Wildman–Crippen LogP) is 1.73. The van der Waals surface area contributed by atoms with Gasteiger partial charge in [0.05, 0.1) is 12.7 Å². The Kier molecular flexibility index (Phi) is 11.6. The molecular formula is C15H34N2O2. The molecule has 0 fully saturated rings. The minimum absolute atomic E-state index is 0.309. The van der Waals surface area contributed by atoms with Crippen LogP contribution in [0.2, 0.25) is 0 Å². The fourth-order valence-electron chi connectivity index (χ4n) is 2.31. The maximum Gasteiger partial charge on any atom is 0.0791 e. The molecule has 0 aromatic heterocycles. The Morgan fingerprint density at radius 3 is 2.26 bits per heavy atom. The fourth-order valence-corrected chi connectivity index (χ4v) is 2.31. The van der Waals surface area contributed by atoms with Crippen LogP contribution in [0.4, 0.5) is 0 Å². The van der Waals surface area contributed by atoms with E-state index in [9.17, 15) is 5.11 Å². The summed E-state index contributed by atoms with van der Waals surface area (Å²) in [4.78, 5) is 2.35. The molecule has 0 radical (unpaired) electrons. The Hall–Kier alpha value is -0.160. The van der Waals surface area contributed by atoms with Gasteiger partial charge in [-0.25, -0.2) is 0 Å². The second-order valence-corrected chi connectivity index (χ2v) is 5.66. The number of nitrogens with one attached hydrogen (secondary N) is 1. The first-order chi connectivity index (χ1) is 9.04. The van der Waals surface area contributed by atoms with Crippen molar-refractivity contribution in [3.63, 3.8) is 0 Å². The molecule has 2 N–H and O–H groups in total. The summed E-state index contributed by atoms with van der Waals surface area (Å²) in [6, 6.07) is 0.537. The lowest BCUT2D eigenvalue weighted by Crippen LogP contribution is -2.45. The highest BCUT2D eigenvalue weighted by molar-refractivity contribution is 4.74. The molecule has 4 nitrogen and oxygen atoms in total. The Bertz CT molecular complexity index is 197. The van der Waals surface area contributed by atoms with Crippen molar-refractivity contribution in [2.45, 2.75) is 52.7 Å². The lowest BCUT2D eigenvalue weighted by molar-refractivity contribution is 0.0608. The van der Waals surface area contributed by atoms with Crippen molar-refractivity contribution in [3.8, 4) is 0 Å². The van der Waals surface area contributed by atoms with Crippen LogP contribution >= 0.6 is 0 Å². The SMILES string of the molecule is CCC(CC)N(CCOC)CC(O)CNCC(C)C. The van der Waals surface area contributed by atoms with E-state index in [0.29, 0.717) is 18.5 Å². The molecule has 1 atom stereocenters. The molecule has 0 aliphatic heterocycles. The molecule has 1 unspecified atom stereocenters. The van der Waals surface area contributed by atoms with E-state index in [1.165, 1.54) is 0 Å². The number of rotatable bonds is 12. The van der Waals surface area contributed by atoms with Crippen LogP contribution in [0.1, 0.15) is 40.5 Å². The molecule has 0 aromatic rings. The van der Waals surface area contributed by atoms with Crippen molar-refractivity contribution >= 4 is 0 Å². The third-order valence-electron chi connectivity index (χ3n) is 3.42. The van der Waals surface area contributed by atoms with Gasteiger partial charge in [-0.05, 0) is 25.3 Å². The summed E-state index contributed by atoms with van der Waals surface area (Å²) in [6.45, 7) is 12.7. The van der Waals surface area contributed by atoms with Gasteiger partial charge in [-0.2, -0.15) is 0 Å². The van der Waals surface area contributed by atoms with Gasteiger partial charge in [0.1, 0.15) is 0 Å². The van der Waals surface area contributed by atoms with Gasteiger partial charge in [-0.1, -0.05) is 27.7 Å². The average Bonchev–Trinajstić information content (AvgIpc) is 2.36. The van der Waals surface area contributed by atoms with Gasteiger partial charge in [0.15, 0.2) is 0 Å². The first-order valence-electron chi connectivity index (χ1n) is 7.66. The van der Waals surface area contributed by atoms with E-state index >= 15 is 0 Å². The second kappa shape index (κ2) is 11.6. The number of methoxy groups -OCH3 is 1. The molecule has 4 heteroatoms. The topological polar surface area (TPSA) is 44.7 Å². The maximum absolute atomic E-state index is 10.1. The van der Waals surface area contributed by atoms with Gasteiger partial charge < -0.3 is 15.2 Å². The van der Waals surface area contributed by atoms with Crippen LogP contribution in [-0.4, -0.2) is 62.0 Å². The van der Waals surface area contributed by atoms with Crippen molar-refractivity contribution in [2.24, 2.45) is 5.92 Å². The van der Waals surface area contributed by atoms with Crippen LogP contribution in [0.5, 0.6) is 0 Å². The Morgan fingerprint density at radius 1 is 1.16 bits per heavy atom. The molecule has 19 heavy (non-hydrogen) atoms. The number of aliphatic hydroxyl groups is 1. The zero-order valence-corrected chi connectivity index (χ0v) is 13.5. The molecule has 0 amide bonds. The van der Waals surface area contributed by atoms with Crippen molar-refractivity contribution in [2.75, 3.05) is 39.9 Å². The predicted molar refractivity (Wildman–Crippen MR) is 81.5 cm³/mol. The van der Waals surface area contributed by atoms with Crippen LogP contribution in [-0.2, 0) is 4.74 Å². The first-order valence-corrected chi connectivity index (χ1v) is 7.66. The summed E-state index contributed by atoms with van der Waals surface area (Å²) >= 11 is 0. The molecular weight excluding hydrogens is 240 g/mol. The summed E-state index contributed by atoms with van der Waals surface area (Å²) in [5.41, 5.74) is 0. The number of hydrogen-bond acceptors (Lipinski definition) is 4. The molecule has 0 aromatic carbocycles. The molecule has 116 valence electrons. The highest BCUT2D eigenvalue weighted by atomic mass is 16.5. The van der Waals surface area contributed by atoms with Gasteiger partial charge in [-0.3, -0.25) is 4.90 Å². The van der Waals surface area contributed by atoms with Crippen LogP contribution < -0.4 is 5.32 Å². The maximum atomic E-state index is 10.1. The number of aliphatic hydroxyl groups excluding tert-OH is 1. The van der Waals surface area contributed by atoms with E-state index in [1.54, 1.807) is 7.11 Å². The molecule has 0 bridgehead atoms. The van der Waals surface area contributed by atoms with Crippen molar-refractivity contribution < 1.29 is 9.84 Å². The zero-order chi connectivity index (χ0) is 14.7. The molecule has 0 aliphatic carbocycles. The van der Waals surface area contributed by atoms with E-state index in [4.69, 9.17) is 4.74 Å². The van der Waals surface area contributed by atoms with Crippen LogP contribution in [0.3, 0.4) is 0 Å². The lowest BCUT2D eigenvalue weighted by Gasteiger charge is -2.32. The van der Waals surface area contributed by atoms with Crippen molar-refractivity contribution in [3.05, 3.63) is 0 Å². The number of ether oxygens (including phenoxy) is 1. The smallest absolute Gasteiger partial charge is 0.0791 e. The summed E-state index contributed by atoms with van der Waals surface area (Å²) in [7, 11) is 1.73. The summed E-state index contributed by atoms with van der Waals surface area (Å²) in [6.07, 6.45) is 1.93. The third-order valence-corrected chi connectivity index (χ3v) is 3.42. The Balaban J connectivity index is 4.13. The van der Waals surface area contributed by atoms with E-state index in [2.05, 4.69) is 37.9 Å². The second-order valence-electron chi connectivity index (χ2n) is 5.66. The van der Waals surface area contributed by atoms with E-state index in [-0.39, 0.29) is 6.10 Å². The minimum atomic E-state index is -0.309. The molecule has 0 saturated carbocycles. The average molecular weight is 274 g/mol. The molecule has 0 rings (SSSR count). The molecule has 0 aliphatic rings. The van der Waals surface area contributed by atoms with E-state index in [1.807, 2.05) is 0 Å². The summed E-state index contributed by atoms with van der Waals surface area (Å²) in [5.74, 6) is 0.621. The van der Waals surface area contributed by atoms with Gasteiger partial charge in [0.25, 0.3) is 0 Å². The van der Waals surface area contributed by atoms with Gasteiger partial charge in [0, 0.05) is 32.8 Å². The van der Waals surface area contributed by atoms with E-state index in [0.717, 1.165) is 39.1 Å². The monoisotopic (exact) mass is 274 g/mol. The van der Waals surface area contributed by atoms with Gasteiger partial charge in [-0.15, -0.1) is 0 Å². The number of hydrogen-bond donors (Lipinski definition) is 2. The summed E-state index contributed by atoms with van der Waals surface area (Å²) < 4.78 is 5.17. The lowest BCUT2D eigenvalue weighted by atomic mass is 10.1. The Labute approximate surface area is 119 Å². The summed E-state index contributed by atoms with van der Waals surface area (Å²) in [5, 5.41) is 13.4. The van der Waals surface area contributed by atoms with Crippen molar-refractivity contribution in [1.82, 2.24) is 10.2 Å².